The zero-order valence-electron chi connectivity index (χ0n) is 10.3. The van der Waals surface area contributed by atoms with Crippen LogP contribution in [0.3, 0.4) is 0 Å². The lowest BCUT2D eigenvalue weighted by Gasteiger charge is -2.25. The average molecular weight is 219 g/mol. The molecule has 2 rings (SSSR count). The van der Waals surface area contributed by atoms with Crippen LogP contribution in [0.2, 0.25) is 0 Å². The summed E-state index contributed by atoms with van der Waals surface area (Å²) in [6.07, 6.45) is 3.55. The van der Waals surface area contributed by atoms with Gasteiger partial charge in [-0.05, 0) is 50.4 Å². The van der Waals surface area contributed by atoms with Gasteiger partial charge in [0.1, 0.15) is 5.75 Å². The molecule has 2 heteroatoms. The van der Waals surface area contributed by atoms with Crippen molar-refractivity contribution >= 4 is 0 Å². The maximum atomic E-state index is 5.59. The molecule has 0 spiro atoms. The molecule has 0 aliphatic carbocycles. The summed E-state index contributed by atoms with van der Waals surface area (Å²) in [5, 5.41) is 3.57. The first-order valence-electron chi connectivity index (χ1n) is 6.23. The molecule has 1 saturated heterocycles. The van der Waals surface area contributed by atoms with Crippen LogP contribution in [0.1, 0.15) is 38.7 Å². The Morgan fingerprint density at radius 2 is 2.06 bits per heavy atom. The molecule has 1 atom stereocenters. The highest BCUT2D eigenvalue weighted by Gasteiger charge is 2.29. The van der Waals surface area contributed by atoms with Gasteiger partial charge < -0.3 is 10.1 Å². The summed E-state index contributed by atoms with van der Waals surface area (Å²) in [6, 6.07) is 8.53. The van der Waals surface area contributed by atoms with Crippen molar-refractivity contribution in [3.8, 4) is 5.75 Å². The Kier molecular flexibility index (Phi) is 3.49. The van der Waals surface area contributed by atoms with Crippen molar-refractivity contribution in [3.05, 3.63) is 29.8 Å². The third-order valence-electron chi connectivity index (χ3n) is 3.33. The normalized spacial score (nSPS) is 24.6. The lowest BCUT2D eigenvalue weighted by Crippen LogP contribution is -2.32. The molecule has 1 unspecified atom stereocenters. The molecule has 0 bridgehead atoms. The van der Waals surface area contributed by atoms with Crippen molar-refractivity contribution < 1.29 is 4.74 Å². The van der Waals surface area contributed by atoms with E-state index in [1.54, 1.807) is 0 Å². The number of hydrogen-bond acceptors (Lipinski definition) is 2. The van der Waals surface area contributed by atoms with E-state index in [2.05, 4.69) is 43.4 Å². The van der Waals surface area contributed by atoms with Crippen LogP contribution in [0, 0.1) is 0 Å². The van der Waals surface area contributed by atoms with Gasteiger partial charge >= 0.3 is 0 Å². The maximum absolute atomic E-state index is 5.59. The fourth-order valence-corrected chi connectivity index (χ4v) is 2.28. The molecule has 1 N–H and O–H groups in total. The van der Waals surface area contributed by atoms with E-state index in [0.717, 1.165) is 25.3 Å². The summed E-state index contributed by atoms with van der Waals surface area (Å²) in [5.41, 5.74) is 1.54. The van der Waals surface area contributed by atoms with E-state index in [9.17, 15) is 0 Å². The summed E-state index contributed by atoms with van der Waals surface area (Å²) in [4.78, 5) is 0. The standard InChI is InChI=1S/C14H21NO/c1-3-11-16-13-7-5-12(6-8-13)14(2)9-4-10-15-14/h5-8,15H,3-4,9-11H2,1-2H3. The summed E-state index contributed by atoms with van der Waals surface area (Å²) in [6.45, 7) is 6.33. The first-order valence-corrected chi connectivity index (χ1v) is 6.23. The van der Waals surface area contributed by atoms with Crippen LogP contribution >= 0.6 is 0 Å². The molecule has 88 valence electrons. The van der Waals surface area contributed by atoms with Gasteiger partial charge in [0.2, 0.25) is 0 Å². The van der Waals surface area contributed by atoms with Gasteiger partial charge in [-0.3, -0.25) is 0 Å². The van der Waals surface area contributed by atoms with E-state index in [1.165, 1.54) is 18.4 Å². The smallest absolute Gasteiger partial charge is 0.119 e. The molecule has 0 amide bonds. The molecule has 16 heavy (non-hydrogen) atoms. The molecule has 0 aromatic heterocycles. The van der Waals surface area contributed by atoms with Crippen molar-refractivity contribution in [1.82, 2.24) is 5.32 Å². The first kappa shape index (κ1) is 11.5. The molecule has 2 nitrogen and oxygen atoms in total. The Labute approximate surface area is 98.0 Å². The second-order valence-electron chi connectivity index (χ2n) is 4.74. The van der Waals surface area contributed by atoms with Crippen LogP contribution < -0.4 is 10.1 Å². The number of ether oxygens (including phenoxy) is 1. The monoisotopic (exact) mass is 219 g/mol. The van der Waals surface area contributed by atoms with E-state index < -0.39 is 0 Å². The fourth-order valence-electron chi connectivity index (χ4n) is 2.28. The highest BCUT2D eigenvalue weighted by atomic mass is 16.5. The van der Waals surface area contributed by atoms with Gasteiger partial charge in [0.05, 0.1) is 6.61 Å². The highest BCUT2D eigenvalue weighted by Crippen LogP contribution is 2.31. The third kappa shape index (κ3) is 2.38. The minimum atomic E-state index is 0.170. The van der Waals surface area contributed by atoms with Crippen molar-refractivity contribution in [2.24, 2.45) is 0 Å². The Hall–Kier alpha value is -1.02. The SMILES string of the molecule is CCCOc1ccc(C2(C)CCCN2)cc1. The molecule has 1 aromatic rings. The topological polar surface area (TPSA) is 21.3 Å². The van der Waals surface area contributed by atoms with Gasteiger partial charge in [-0.25, -0.2) is 0 Å². The predicted octanol–water partition coefficient (Wildman–Crippen LogP) is 3.07. The summed E-state index contributed by atoms with van der Waals surface area (Å²) >= 11 is 0. The Morgan fingerprint density at radius 1 is 1.31 bits per heavy atom. The van der Waals surface area contributed by atoms with E-state index in [4.69, 9.17) is 4.74 Å². The van der Waals surface area contributed by atoms with E-state index in [0.29, 0.717) is 0 Å². The van der Waals surface area contributed by atoms with Gasteiger partial charge in [0.25, 0.3) is 0 Å². The summed E-state index contributed by atoms with van der Waals surface area (Å²) < 4.78 is 5.59. The van der Waals surface area contributed by atoms with Crippen LogP contribution in [0.15, 0.2) is 24.3 Å². The first-order chi connectivity index (χ1) is 7.74. The second-order valence-corrected chi connectivity index (χ2v) is 4.74. The minimum Gasteiger partial charge on any atom is -0.494 e. The zero-order chi connectivity index (χ0) is 11.4. The lowest BCUT2D eigenvalue weighted by molar-refractivity contribution is 0.317. The molecule has 0 saturated carbocycles. The number of nitrogens with one attached hydrogen (secondary N) is 1. The molecule has 1 fully saturated rings. The van der Waals surface area contributed by atoms with Crippen molar-refractivity contribution in [1.29, 1.82) is 0 Å². The predicted molar refractivity (Wildman–Crippen MR) is 66.8 cm³/mol. The molecule has 1 aromatic carbocycles. The average Bonchev–Trinajstić information content (AvgIpc) is 2.75. The maximum Gasteiger partial charge on any atom is 0.119 e. The van der Waals surface area contributed by atoms with Crippen LogP contribution in [0.25, 0.3) is 0 Å². The molecular formula is C14H21NO. The zero-order valence-corrected chi connectivity index (χ0v) is 10.3. The van der Waals surface area contributed by atoms with E-state index in [1.807, 2.05) is 0 Å². The van der Waals surface area contributed by atoms with E-state index in [-0.39, 0.29) is 5.54 Å². The Morgan fingerprint density at radius 3 is 2.62 bits per heavy atom. The van der Waals surface area contributed by atoms with Crippen molar-refractivity contribution in [2.75, 3.05) is 13.2 Å². The Balaban J connectivity index is 2.06. The molecule has 1 heterocycles. The van der Waals surface area contributed by atoms with Crippen LogP contribution in [0.5, 0.6) is 5.75 Å². The fraction of sp³-hybridized carbons (Fsp3) is 0.571. The van der Waals surface area contributed by atoms with Crippen molar-refractivity contribution in [3.63, 3.8) is 0 Å². The largest absolute Gasteiger partial charge is 0.494 e. The molecule has 0 radical (unpaired) electrons. The molecular weight excluding hydrogens is 198 g/mol. The number of hydrogen-bond donors (Lipinski definition) is 1. The molecule has 1 aliphatic heterocycles. The van der Waals surface area contributed by atoms with Gasteiger partial charge in [-0.2, -0.15) is 0 Å². The lowest BCUT2D eigenvalue weighted by atomic mass is 9.91. The summed E-state index contributed by atoms with van der Waals surface area (Å²) in [5.74, 6) is 0.979. The Bertz CT molecular complexity index is 325. The van der Waals surface area contributed by atoms with Crippen LogP contribution in [0.4, 0.5) is 0 Å². The van der Waals surface area contributed by atoms with Gasteiger partial charge in [-0.15, -0.1) is 0 Å². The minimum absolute atomic E-state index is 0.170. The van der Waals surface area contributed by atoms with Crippen LogP contribution in [-0.2, 0) is 5.54 Å². The quantitative estimate of drug-likeness (QED) is 0.840. The molecule has 1 aliphatic rings. The third-order valence-corrected chi connectivity index (χ3v) is 3.33. The van der Waals surface area contributed by atoms with Gasteiger partial charge in [-0.1, -0.05) is 19.1 Å². The van der Waals surface area contributed by atoms with Gasteiger partial charge in [0.15, 0.2) is 0 Å². The number of rotatable bonds is 4. The van der Waals surface area contributed by atoms with E-state index >= 15 is 0 Å². The number of benzene rings is 1. The van der Waals surface area contributed by atoms with Crippen LogP contribution in [-0.4, -0.2) is 13.2 Å². The second kappa shape index (κ2) is 4.88. The van der Waals surface area contributed by atoms with Crippen molar-refractivity contribution in [2.45, 2.75) is 38.6 Å². The van der Waals surface area contributed by atoms with Gasteiger partial charge in [0, 0.05) is 5.54 Å². The summed E-state index contributed by atoms with van der Waals surface area (Å²) in [7, 11) is 0. The highest BCUT2D eigenvalue weighted by molar-refractivity contribution is 5.32.